The van der Waals surface area contributed by atoms with E-state index in [0.29, 0.717) is 5.56 Å². The van der Waals surface area contributed by atoms with Gasteiger partial charge in [-0.3, -0.25) is 4.79 Å². The maximum Gasteiger partial charge on any atom is 0.255 e. The fraction of sp³-hybridized carbons (Fsp3) is 0.474. The zero-order chi connectivity index (χ0) is 17.1. The number of piperidine rings is 1. The van der Waals surface area contributed by atoms with Gasteiger partial charge in [-0.25, -0.2) is 4.68 Å². The average molecular weight is 326 g/mol. The first kappa shape index (κ1) is 16.7. The number of hydrogen-bond donors (Lipinski definition) is 2. The maximum atomic E-state index is 12.7. The molecular weight excluding hydrogens is 300 g/mol. The van der Waals surface area contributed by atoms with Crippen LogP contribution in [0.25, 0.3) is 5.69 Å². The zero-order valence-electron chi connectivity index (χ0n) is 14.7. The van der Waals surface area contributed by atoms with Gasteiger partial charge < -0.3 is 10.6 Å². The Balaban J connectivity index is 1.88. The van der Waals surface area contributed by atoms with Crippen molar-refractivity contribution in [2.24, 2.45) is 0 Å². The van der Waals surface area contributed by atoms with E-state index in [2.05, 4.69) is 48.6 Å². The summed E-state index contributed by atoms with van der Waals surface area (Å²) >= 11 is 0. The SMILES string of the molecule is Cc1ccc(-n2ncc(C(=O)NC3CCCNC3)c2C(C)C)cc1. The van der Waals surface area contributed by atoms with Crippen LogP contribution in [0, 0.1) is 6.92 Å². The molecule has 1 aromatic carbocycles. The Labute approximate surface area is 143 Å². The predicted octanol–water partition coefficient (Wildman–Crippen LogP) is 2.79. The molecule has 5 heteroatoms. The zero-order valence-corrected chi connectivity index (χ0v) is 14.7. The molecule has 1 fully saturated rings. The van der Waals surface area contributed by atoms with Crippen molar-refractivity contribution in [2.75, 3.05) is 13.1 Å². The van der Waals surface area contributed by atoms with E-state index in [1.165, 1.54) is 5.56 Å². The molecule has 1 aliphatic rings. The van der Waals surface area contributed by atoms with Crippen molar-refractivity contribution in [1.82, 2.24) is 20.4 Å². The van der Waals surface area contributed by atoms with Gasteiger partial charge in [0.2, 0.25) is 0 Å². The van der Waals surface area contributed by atoms with Crippen molar-refractivity contribution < 1.29 is 4.79 Å². The number of aromatic nitrogens is 2. The predicted molar refractivity (Wildman–Crippen MR) is 95.7 cm³/mol. The van der Waals surface area contributed by atoms with Crippen molar-refractivity contribution in [3.63, 3.8) is 0 Å². The molecule has 0 bridgehead atoms. The van der Waals surface area contributed by atoms with Crippen molar-refractivity contribution in [2.45, 2.75) is 45.6 Å². The molecule has 1 aliphatic heterocycles. The van der Waals surface area contributed by atoms with Crippen molar-refractivity contribution in [3.05, 3.63) is 47.3 Å². The lowest BCUT2D eigenvalue weighted by atomic mass is 10.0. The number of hydrogen-bond acceptors (Lipinski definition) is 3. The van der Waals surface area contributed by atoms with Gasteiger partial charge >= 0.3 is 0 Å². The van der Waals surface area contributed by atoms with E-state index < -0.39 is 0 Å². The minimum absolute atomic E-state index is 0.0224. The molecule has 2 N–H and O–H groups in total. The molecule has 0 radical (unpaired) electrons. The number of carbonyl (C=O) groups excluding carboxylic acids is 1. The van der Waals surface area contributed by atoms with Crippen LogP contribution in [0.4, 0.5) is 0 Å². The highest BCUT2D eigenvalue weighted by Gasteiger charge is 2.23. The first-order valence-electron chi connectivity index (χ1n) is 8.73. The van der Waals surface area contributed by atoms with Gasteiger partial charge in [-0.15, -0.1) is 0 Å². The van der Waals surface area contributed by atoms with Gasteiger partial charge in [-0.1, -0.05) is 31.5 Å². The van der Waals surface area contributed by atoms with Crippen LogP contribution in [0.3, 0.4) is 0 Å². The number of amides is 1. The molecule has 0 spiro atoms. The molecule has 0 saturated carbocycles. The minimum Gasteiger partial charge on any atom is -0.348 e. The lowest BCUT2D eigenvalue weighted by Gasteiger charge is -2.24. The largest absolute Gasteiger partial charge is 0.348 e. The first-order chi connectivity index (χ1) is 11.6. The van der Waals surface area contributed by atoms with Crippen molar-refractivity contribution in [1.29, 1.82) is 0 Å². The number of carbonyl (C=O) groups is 1. The Morgan fingerprint density at radius 1 is 1.33 bits per heavy atom. The number of nitrogens with zero attached hydrogens (tertiary/aromatic N) is 2. The van der Waals surface area contributed by atoms with Gasteiger partial charge in [-0.2, -0.15) is 5.10 Å². The van der Waals surface area contributed by atoms with E-state index in [0.717, 1.165) is 37.3 Å². The summed E-state index contributed by atoms with van der Waals surface area (Å²) in [4.78, 5) is 12.7. The summed E-state index contributed by atoms with van der Waals surface area (Å²) in [7, 11) is 0. The minimum atomic E-state index is -0.0224. The third-order valence-electron chi connectivity index (χ3n) is 4.51. The molecule has 1 unspecified atom stereocenters. The molecule has 2 aromatic rings. The van der Waals surface area contributed by atoms with E-state index in [1.54, 1.807) is 6.20 Å². The molecule has 1 amide bonds. The van der Waals surface area contributed by atoms with Crippen LogP contribution in [0.5, 0.6) is 0 Å². The molecule has 1 atom stereocenters. The van der Waals surface area contributed by atoms with E-state index in [-0.39, 0.29) is 17.9 Å². The summed E-state index contributed by atoms with van der Waals surface area (Å²) in [6.07, 6.45) is 3.83. The molecule has 1 aromatic heterocycles. The normalized spacial score (nSPS) is 17.9. The number of rotatable bonds is 4. The van der Waals surface area contributed by atoms with E-state index in [9.17, 15) is 4.79 Å². The van der Waals surface area contributed by atoms with E-state index in [1.807, 2.05) is 16.8 Å². The van der Waals surface area contributed by atoms with Gasteiger partial charge in [-0.05, 0) is 44.4 Å². The summed E-state index contributed by atoms with van der Waals surface area (Å²) in [6, 6.07) is 8.42. The van der Waals surface area contributed by atoms with E-state index >= 15 is 0 Å². The van der Waals surface area contributed by atoms with Crippen LogP contribution in [0.2, 0.25) is 0 Å². The van der Waals surface area contributed by atoms with Crippen LogP contribution in [0.1, 0.15) is 54.2 Å². The van der Waals surface area contributed by atoms with Gasteiger partial charge in [0.25, 0.3) is 5.91 Å². The Hall–Kier alpha value is -2.14. The van der Waals surface area contributed by atoms with Gasteiger partial charge in [0.15, 0.2) is 0 Å². The number of aryl methyl sites for hydroxylation is 1. The molecule has 5 nitrogen and oxygen atoms in total. The van der Waals surface area contributed by atoms with Crippen LogP contribution >= 0.6 is 0 Å². The Morgan fingerprint density at radius 2 is 2.08 bits per heavy atom. The van der Waals surface area contributed by atoms with Crippen LogP contribution in [-0.2, 0) is 0 Å². The highest BCUT2D eigenvalue weighted by molar-refractivity contribution is 5.95. The lowest BCUT2D eigenvalue weighted by molar-refractivity contribution is 0.0929. The van der Waals surface area contributed by atoms with E-state index in [4.69, 9.17) is 0 Å². The first-order valence-corrected chi connectivity index (χ1v) is 8.73. The Morgan fingerprint density at radius 3 is 2.71 bits per heavy atom. The fourth-order valence-electron chi connectivity index (χ4n) is 3.22. The molecule has 3 rings (SSSR count). The monoisotopic (exact) mass is 326 g/mol. The highest BCUT2D eigenvalue weighted by atomic mass is 16.1. The second kappa shape index (κ2) is 7.18. The molecule has 2 heterocycles. The summed E-state index contributed by atoms with van der Waals surface area (Å²) in [5.41, 5.74) is 3.83. The van der Waals surface area contributed by atoms with Crippen LogP contribution < -0.4 is 10.6 Å². The second-order valence-electron chi connectivity index (χ2n) is 6.86. The van der Waals surface area contributed by atoms with Crippen molar-refractivity contribution >= 4 is 5.91 Å². The quantitative estimate of drug-likeness (QED) is 0.908. The van der Waals surface area contributed by atoms with Crippen LogP contribution in [0.15, 0.2) is 30.5 Å². The molecule has 128 valence electrons. The average Bonchev–Trinajstić information content (AvgIpc) is 3.02. The summed E-state index contributed by atoms with van der Waals surface area (Å²) < 4.78 is 1.89. The van der Waals surface area contributed by atoms with Gasteiger partial charge in [0, 0.05) is 12.6 Å². The maximum absolute atomic E-state index is 12.7. The summed E-state index contributed by atoms with van der Waals surface area (Å²) in [5.74, 6) is 0.185. The highest BCUT2D eigenvalue weighted by Crippen LogP contribution is 2.23. The lowest BCUT2D eigenvalue weighted by Crippen LogP contribution is -2.45. The smallest absolute Gasteiger partial charge is 0.255 e. The number of nitrogens with one attached hydrogen (secondary N) is 2. The Bertz CT molecular complexity index is 697. The number of benzene rings is 1. The van der Waals surface area contributed by atoms with Crippen LogP contribution in [-0.4, -0.2) is 34.8 Å². The summed E-state index contributed by atoms with van der Waals surface area (Å²) in [5, 5.41) is 11.0. The molecule has 1 saturated heterocycles. The van der Waals surface area contributed by atoms with Crippen molar-refractivity contribution in [3.8, 4) is 5.69 Å². The molecule has 0 aliphatic carbocycles. The summed E-state index contributed by atoms with van der Waals surface area (Å²) in [6.45, 7) is 8.14. The fourth-order valence-corrected chi connectivity index (χ4v) is 3.22. The van der Waals surface area contributed by atoms with Gasteiger partial charge in [0.1, 0.15) is 0 Å². The third kappa shape index (κ3) is 3.51. The Kier molecular flexibility index (Phi) is 5.00. The second-order valence-corrected chi connectivity index (χ2v) is 6.86. The molecule has 24 heavy (non-hydrogen) atoms. The topological polar surface area (TPSA) is 59.0 Å². The third-order valence-corrected chi connectivity index (χ3v) is 4.51. The standard InChI is InChI=1S/C19H26N4O/c1-13(2)18-17(19(24)22-15-5-4-10-20-11-15)12-21-23(18)16-8-6-14(3)7-9-16/h6-9,12-13,15,20H,4-5,10-11H2,1-3H3,(H,22,24). The van der Waals surface area contributed by atoms with Gasteiger partial charge in [0.05, 0.1) is 23.1 Å². The molecular formula is C19H26N4O.